The lowest BCUT2D eigenvalue weighted by atomic mass is 9.76. The monoisotopic (exact) mass is 360 g/mol. The van der Waals surface area contributed by atoms with Crippen LogP contribution in [0.4, 0.5) is 0 Å². The van der Waals surface area contributed by atoms with Crippen molar-refractivity contribution in [3.05, 3.63) is 35.9 Å². The molecule has 142 valence electrons. The van der Waals surface area contributed by atoms with Crippen molar-refractivity contribution in [2.45, 2.75) is 70.5 Å². The zero-order chi connectivity index (χ0) is 19.4. The number of amides is 2. The fourth-order valence-electron chi connectivity index (χ4n) is 2.86. The number of carbonyl (C=O) groups is 2. The van der Waals surface area contributed by atoms with Gasteiger partial charge in [0.1, 0.15) is 0 Å². The van der Waals surface area contributed by atoms with Crippen LogP contribution in [-0.2, 0) is 25.3 Å². The first-order valence-corrected chi connectivity index (χ1v) is 9.08. The Morgan fingerprint density at radius 3 is 2.23 bits per heavy atom. The van der Waals surface area contributed by atoms with Crippen molar-refractivity contribution in [2.24, 2.45) is 5.73 Å². The lowest BCUT2D eigenvalue weighted by Crippen LogP contribution is -2.50. The van der Waals surface area contributed by atoms with Gasteiger partial charge in [0.25, 0.3) is 0 Å². The van der Waals surface area contributed by atoms with Gasteiger partial charge in [0.2, 0.25) is 11.8 Å². The number of nitrogens with one attached hydrogen (secondary N) is 1. The van der Waals surface area contributed by atoms with Gasteiger partial charge in [-0.25, -0.2) is 0 Å². The molecule has 0 saturated carbocycles. The summed E-state index contributed by atoms with van der Waals surface area (Å²) in [7, 11) is -0.703. The number of hydrogen-bond donors (Lipinski definition) is 2. The Morgan fingerprint density at radius 1 is 1.12 bits per heavy atom. The van der Waals surface area contributed by atoms with E-state index in [-0.39, 0.29) is 12.3 Å². The van der Waals surface area contributed by atoms with Gasteiger partial charge in [-0.3, -0.25) is 9.59 Å². The maximum absolute atomic E-state index is 12.3. The minimum atomic E-state index is -0.703. The molecule has 26 heavy (non-hydrogen) atoms. The van der Waals surface area contributed by atoms with Gasteiger partial charge in [0.15, 0.2) is 0 Å². The van der Waals surface area contributed by atoms with E-state index in [0.717, 1.165) is 12.8 Å². The van der Waals surface area contributed by atoms with Gasteiger partial charge in [-0.15, -0.1) is 0 Å². The van der Waals surface area contributed by atoms with Crippen molar-refractivity contribution < 1.29 is 18.9 Å². The van der Waals surface area contributed by atoms with Gasteiger partial charge < -0.3 is 20.4 Å². The highest BCUT2D eigenvalue weighted by molar-refractivity contribution is 6.48. The second-order valence-corrected chi connectivity index (χ2v) is 7.81. The van der Waals surface area contributed by atoms with Crippen LogP contribution in [0.2, 0.25) is 0 Å². The van der Waals surface area contributed by atoms with E-state index >= 15 is 0 Å². The van der Waals surface area contributed by atoms with Crippen molar-refractivity contribution >= 4 is 18.9 Å². The van der Waals surface area contributed by atoms with Crippen LogP contribution in [0.1, 0.15) is 52.5 Å². The summed E-state index contributed by atoms with van der Waals surface area (Å²) in [5.41, 5.74) is 5.47. The summed E-state index contributed by atoms with van der Waals surface area (Å²) in [6.07, 6.45) is 1.89. The topological polar surface area (TPSA) is 90.6 Å². The SMILES string of the molecule is CC1(C)OB(C(CC(N)=O)NC(=O)CCCc2ccccc2)OC1(C)C. The first-order chi connectivity index (χ1) is 12.1. The molecule has 1 fully saturated rings. The Labute approximate surface area is 156 Å². The predicted molar refractivity (Wildman–Crippen MR) is 101 cm³/mol. The fraction of sp³-hybridized carbons (Fsp3) is 0.579. The molecule has 0 aliphatic carbocycles. The molecule has 0 spiro atoms. The summed E-state index contributed by atoms with van der Waals surface area (Å²) in [5, 5.41) is 2.86. The minimum absolute atomic E-state index is 0.0265. The van der Waals surface area contributed by atoms with E-state index in [0.29, 0.717) is 6.42 Å². The highest BCUT2D eigenvalue weighted by Crippen LogP contribution is 2.37. The molecule has 1 unspecified atom stereocenters. The number of benzene rings is 1. The van der Waals surface area contributed by atoms with E-state index in [1.807, 2.05) is 58.0 Å². The largest absolute Gasteiger partial charge is 0.482 e. The van der Waals surface area contributed by atoms with Crippen LogP contribution < -0.4 is 11.1 Å². The average Bonchev–Trinajstić information content (AvgIpc) is 2.75. The van der Waals surface area contributed by atoms with E-state index in [1.54, 1.807) is 0 Å². The first kappa shape index (κ1) is 20.5. The molecule has 2 rings (SSSR count). The molecular weight excluding hydrogens is 331 g/mol. The van der Waals surface area contributed by atoms with E-state index in [1.165, 1.54) is 5.56 Å². The van der Waals surface area contributed by atoms with Gasteiger partial charge in [-0.1, -0.05) is 30.3 Å². The van der Waals surface area contributed by atoms with Crippen LogP contribution in [0.15, 0.2) is 30.3 Å². The molecule has 6 nitrogen and oxygen atoms in total. The Morgan fingerprint density at radius 2 is 1.69 bits per heavy atom. The normalized spacial score (nSPS) is 19.2. The Balaban J connectivity index is 1.91. The zero-order valence-corrected chi connectivity index (χ0v) is 16.1. The molecule has 3 N–H and O–H groups in total. The molecule has 1 aromatic rings. The highest BCUT2D eigenvalue weighted by Gasteiger charge is 2.54. The van der Waals surface area contributed by atoms with Crippen molar-refractivity contribution in [1.82, 2.24) is 5.32 Å². The third kappa shape index (κ3) is 5.32. The second-order valence-electron chi connectivity index (χ2n) is 7.81. The number of hydrogen-bond acceptors (Lipinski definition) is 4. The van der Waals surface area contributed by atoms with Crippen molar-refractivity contribution in [2.75, 3.05) is 0 Å². The molecule has 1 heterocycles. The minimum Gasteiger partial charge on any atom is -0.402 e. The van der Waals surface area contributed by atoms with Gasteiger partial charge in [-0.05, 0) is 46.1 Å². The molecule has 1 aliphatic heterocycles. The van der Waals surface area contributed by atoms with Crippen LogP contribution in [0.25, 0.3) is 0 Å². The number of primary amides is 1. The molecule has 1 aromatic carbocycles. The maximum atomic E-state index is 12.3. The molecule has 1 aliphatic rings. The number of carbonyl (C=O) groups excluding carboxylic acids is 2. The summed E-state index contributed by atoms with van der Waals surface area (Å²) in [6, 6.07) is 10.0. The second kappa shape index (κ2) is 8.23. The number of aryl methyl sites for hydroxylation is 1. The van der Waals surface area contributed by atoms with Gasteiger partial charge in [-0.2, -0.15) is 0 Å². The highest BCUT2D eigenvalue weighted by atomic mass is 16.7. The van der Waals surface area contributed by atoms with Crippen LogP contribution in [0.5, 0.6) is 0 Å². The summed E-state index contributed by atoms with van der Waals surface area (Å²) < 4.78 is 11.9. The van der Waals surface area contributed by atoms with Crippen LogP contribution in [0.3, 0.4) is 0 Å². The zero-order valence-electron chi connectivity index (χ0n) is 16.1. The third-order valence-corrected chi connectivity index (χ3v) is 5.08. The summed E-state index contributed by atoms with van der Waals surface area (Å²) in [5.74, 6) is -1.24. The van der Waals surface area contributed by atoms with Gasteiger partial charge in [0.05, 0.1) is 17.1 Å². The van der Waals surface area contributed by atoms with Crippen molar-refractivity contribution in [1.29, 1.82) is 0 Å². The Hall–Kier alpha value is -1.86. The molecule has 7 heteroatoms. The summed E-state index contributed by atoms with van der Waals surface area (Å²) in [4.78, 5) is 23.8. The standard InChI is InChI=1S/C19H29BN2O4/c1-18(2)19(3,4)26-20(25-18)15(13-16(21)23)22-17(24)12-8-11-14-9-6-5-7-10-14/h5-7,9-10,15H,8,11-13H2,1-4H3,(H2,21,23)(H,22,24). The maximum Gasteiger partial charge on any atom is 0.482 e. The van der Waals surface area contributed by atoms with Crippen LogP contribution in [0, 0.1) is 0 Å². The Bertz CT molecular complexity index is 618. The Kier molecular flexibility index (Phi) is 6.47. The quantitative estimate of drug-likeness (QED) is 0.694. The average molecular weight is 360 g/mol. The van der Waals surface area contributed by atoms with Crippen LogP contribution in [-0.4, -0.2) is 36.1 Å². The summed E-state index contributed by atoms with van der Waals surface area (Å²) >= 11 is 0. The van der Waals surface area contributed by atoms with Crippen molar-refractivity contribution in [3.63, 3.8) is 0 Å². The molecule has 0 radical (unpaired) electrons. The molecular formula is C19H29BN2O4. The molecule has 2 amide bonds. The lowest BCUT2D eigenvalue weighted by Gasteiger charge is -2.32. The summed E-state index contributed by atoms with van der Waals surface area (Å²) in [6.45, 7) is 7.71. The molecule has 1 atom stereocenters. The van der Waals surface area contributed by atoms with Crippen molar-refractivity contribution in [3.8, 4) is 0 Å². The van der Waals surface area contributed by atoms with E-state index in [9.17, 15) is 9.59 Å². The molecule has 0 bridgehead atoms. The molecule has 1 saturated heterocycles. The fourth-order valence-corrected chi connectivity index (χ4v) is 2.86. The van der Waals surface area contributed by atoms with E-state index < -0.39 is 30.2 Å². The van der Waals surface area contributed by atoms with E-state index in [4.69, 9.17) is 15.0 Å². The number of rotatable bonds is 8. The third-order valence-electron chi connectivity index (χ3n) is 5.08. The van der Waals surface area contributed by atoms with Gasteiger partial charge >= 0.3 is 7.12 Å². The van der Waals surface area contributed by atoms with Gasteiger partial charge in [0, 0.05) is 12.8 Å². The van der Waals surface area contributed by atoms with Crippen LogP contribution >= 0.6 is 0 Å². The predicted octanol–water partition coefficient (Wildman–Crippen LogP) is 2.00. The molecule has 0 aromatic heterocycles. The smallest absolute Gasteiger partial charge is 0.402 e. The van der Waals surface area contributed by atoms with E-state index in [2.05, 4.69) is 5.32 Å². The first-order valence-electron chi connectivity index (χ1n) is 9.08. The number of nitrogens with two attached hydrogens (primary N) is 1. The lowest BCUT2D eigenvalue weighted by molar-refractivity contribution is -0.122.